The van der Waals surface area contributed by atoms with E-state index in [-0.39, 0.29) is 31.9 Å². The number of sulfonamides is 1. The van der Waals surface area contributed by atoms with Gasteiger partial charge in [-0.05, 0) is 12.1 Å². The van der Waals surface area contributed by atoms with E-state index < -0.39 is 23.6 Å². The Morgan fingerprint density at radius 2 is 2.00 bits per heavy atom. The first-order chi connectivity index (χ1) is 17.1. The van der Waals surface area contributed by atoms with Gasteiger partial charge in [-0.1, -0.05) is 19.6 Å². The molecule has 36 heavy (non-hydrogen) atoms. The molecule has 0 radical (unpaired) electrons. The van der Waals surface area contributed by atoms with E-state index in [1.807, 2.05) is 23.0 Å². The summed E-state index contributed by atoms with van der Waals surface area (Å²) in [6, 6.07) is 5.25. The second kappa shape index (κ2) is 10.4. The average molecular weight is 532 g/mol. The van der Waals surface area contributed by atoms with E-state index in [1.165, 1.54) is 17.7 Å². The van der Waals surface area contributed by atoms with Crippen LogP contribution >= 0.6 is 0 Å². The van der Waals surface area contributed by atoms with Crippen molar-refractivity contribution in [2.24, 2.45) is 0 Å². The van der Waals surface area contributed by atoms with Crippen LogP contribution in [0, 0.1) is 11.3 Å². The molecule has 4 rings (SSSR count). The third-order valence-corrected chi connectivity index (χ3v) is 9.84. The molecule has 0 aromatic carbocycles. The predicted molar refractivity (Wildman–Crippen MR) is 138 cm³/mol. The van der Waals surface area contributed by atoms with E-state index in [0.29, 0.717) is 6.73 Å². The van der Waals surface area contributed by atoms with Crippen LogP contribution in [0.3, 0.4) is 0 Å². The molecule has 13 heteroatoms. The smallest absolute Gasteiger partial charge is 0.216 e. The molecule has 4 heterocycles. The molecule has 0 aliphatic carbocycles. The van der Waals surface area contributed by atoms with Gasteiger partial charge in [0, 0.05) is 58.2 Å². The molecule has 0 amide bonds. The third kappa shape index (κ3) is 5.52. The molecule has 3 aromatic rings. The fourth-order valence-electron chi connectivity index (χ4n) is 4.19. The summed E-state index contributed by atoms with van der Waals surface area (Å²) in [4.78, 5) is 8.95. The highest BCUT2D eigenvalue weighted by Gasteiger charge is 2.50. The lowest BCUT2D eigenvalue weighted by Gasteiger charge is -2.47. The Bertz CT molecular complexity index is 1350. The van der Waals surface area contributed by atoms with E-state index in [9.17, 15) is 13.7 Å². The summed E-state index contributed by atoms with van der Waals surface area (Å²) >= 11 is 0. The third-order valence-electron chi connectivity index (χ3n) is 6.41. The minimum atomic E-state index is -3.45. The van der Waals surface area contributed by atoms with Crippen molar-refractivity contribution in [2.45, 2.75) is 44.4 Å². The normalized spacial score (nSPS) is 16.2. The predicted octanol–water partition coefficient (Wildman–Crippen LogP) is 2.51. The van der Waals surface area contributed by atoms with Crippen LogP contribution in [0.2, 0.25) is 25.7 Å². The van der Waals surface area contributed by atoms with Crippen LogP contribution in [0.15, 0.2) is 31.0 Å². The highest BCUT2D eigenvalue weighted by Crippen LogP contribution is 2.36. The van der Waals surface area contributed by atoms with Crippen LogP contribution in [0.4, 0.5) is 0 Å². The van der Waals surface area contributed by atoms with Crippen molar-refractivity contribution < 1.29 is 17.9 Å². The lowest BCUT2D eigenvalue weighted by molar-refractivity contribution is 0.0710. The molecule has 3 aromatic heterocycles. The molecule has 1 saturated heterocycles. The number of ether oxygens (including phenoxy) is 2. The number of nitrogens with zero attached hydrogens (tertiary/aromatic N) is 7. The molecule has 0 bridgehead atoms. The van der Waals surface area contributed by atoms with Gasteiger partial charge < -0.3 is 14.0 Å². The first-order valence-electron chi connectivity index (χ1n) is 11.9. The van der Waals surface area contributed by atoms with Crippen molar-refractivity contribution in [1.82, 2.24) is 28.6 Å². The summed E-state index contributed by atoms with van der Waals surface area (Å²) in [6.45, 7) is 8.62. The maximum Gasteiger partial charge on any atom is 0.216 e. The lowest BCUT2D eigenvalue weighted by Crippen LogP contribution is -2.64. The van der Waals surface area contributed by atoms with Gasteiger partial charge in [-0.3, -0.25) is 4.68 Å². The largest absolute Gasteiger partial charge is 0.384 e. The maximum absolute atomic E-state index is 12.5. The van der Waals surface area contributed by atoms with Crippen molar-refractivity contribution in [2.75, 3.05) is 39.2 Å². The van der Waals surface area contributed by atoms with Gasteiger partial charge in [0.2, 0.25) is 10.0 Å². The molecular formula is C23H33N7O4SSi. The second-order valence-corrected chi connectivity index (χ2v) is 18.1. The number of aromatic nitrogens is 5. The Balaban J connectivity index is 1.52. The Morgan fingerprint density at radius 3 is 2.69 bits per heavy atom. The monoisotopic (exact) mass is 531 g/mol. The van der Waals surface area contributed by atoms with E-state index in [4.69, 9.17) is 9.47 Å². The van der Waals surface area contributed by atoms with Crippen LogP contribution in [-0.2, 0) is 31.8 Å². The molecule has 1 aliphatic rings. The molecule has 1 aliphatic heterocycles. The highest BCUT2D eigenvalue weighted by molar-refractivity contribution is 7.89. The average Bonchev–Trinajstić information content (AvgIpc) is 3.44. The second-order valence-electron chi connectivity index (χ2n) is 10.4. The Kier molecular flexibility index (Phi) is 7.63. The van der Waals surface area contributed by atoms with E-state index in [0.717, 1.165) is 34.9 Å². The molecule has 0 N–H and O–H groups in total. The van der Waals surface area contributed by atoms with Gasteiger partial charge in [0.1, 0.15) is 24.2 Å². The summed E-state index contributed by atoms with van der Waals surface area (Å²) in [7, 11) is -3.13. The highest BCUT2D eigenvalue weighted by atomic mass is 32.2. The lowest BCUT2D eigenvalue weighted by atomic mass is 9.89. The minimum absolute atomic E-state index is 0.0890. The van der Waals surface area contributed by atoms with Gasteiger partial charge in [0.05, 0.1) is 36.7 Å². The molecule has 0 spiro atoms. The van der Waals surface area contributed by atoms with Crippen molar-refractivity contribution in [3.05, 3.63) is 31.0 Å². The first-order valence-corrected chi connectivity index (χ1v) is 17.2. The van der Waals surface area contributed by atoms with Crippen molar-refractivity contribution in [3.63, 3.8) is 0 Å². The summed E-state index contributed by atoms with van der Waals surface area (Å²) in [6.07, 6.45) is 7.14. The Labute approximate surface area is 212 Å². The summed E-state index contributed by atoms with van der Waals surface area (Å²) < 4.78 is 40.9. The first kappa shape index (κ1) is 26.4. The number of fused-ring (bicyclic) bond motifs is 1. The fourth-order valence-corrected chi connectivity index (χ4v) is 6.46. The van der Waals surface area contributed by atoms with Gasteiger partial charge in [-0.15, -0.1) is 0 Å². The number of methoxy groups -OCH3 is 1. The number of hydrogen-bond donors (Lipinski definition) is 0. The fraction of sp³-hybridized carbons (Fsp3) is 0.565. The molecule has 0 saturated carbocycles. The summed E-state index contributed by atoms with van der Waals surface area (Å²) in [5, 5.41) is 14.8. The van der Waals surface area contributed by atoms with Gasteiger partial charge in [-0.25, -0.2) is 18.4 Å². The molecule has 0 atom stereocenters. The van der Waals surface area contributed by atoms with Crippen LogP contribution in [0.1, 0.15) is 6.42 Å². The SMILES string of the molecule is COCCS(=O)(=O)N1CC(CC#N)(n2cc(-c3ncnc4c3ccn4COCC[Si](C)(C)C)cn2)C1. The molecular weight excluding hydrogens is 498 g/mol. The summed E-state index contributed by atoms with van der Waals surface area (Å²) in [5.74, 6) is -0.0890. The number of hydrogen-bond acceptors (Lipinski definition) is 8. The van der Waals surface area contributed by atoms with Gasteiger partial charge in [0.15, 0.2) is 0 Å². The van der Waals surface area contributed by atoms with Gasteiger partial charge in [0.25, 0.3) is 0 Å². The zero-order valence-corrected chi connectivity index (χ0v) is 23.0. The quantitative estimate of drug-likeness (QED) is 0.258. The van der Waals surface area contributed by atoms with Crippen molar-refractivity contribution in [3.8, 4) is 17.3 Å². The minimum Gasteiger partial charge on any atom is -0.384 e. The van der Waals surface area contributed by atoms with E-state index in [2.05, 4.69) is 40.8 Å². The van der Waals surface area contributed by atoms with Crippen LogP contribution < -0.4 is 0 Å². The number of rotatable bonds is 12. The topological polar surface area (TPSA) is 128 Å². The van der Waals surface area contributed by atoms with Gasteiger partial charge >= 0.3 is 0 Å². The Morgan fingerprint density at radius 1 is 1.22 bits per heavy atom. The summed E-state index contributed by atoms with van der Waals surface area (Å²) in [5.41, 5.74) is 1.56. The van der Waals surface area contributed by atoms with Crippen LogP contribution in [0.25, 0.3) is 22.3 Å². The maximum atomic E-state index is 12.5. The zero-order chi connectivity index (χ0) is 26.0. The molecule has 0 unspecified atom stereocenters. The molecule has 11 nitrogen and oxygen atoms in total. The van der Waals surface area contributed by atoms with Gasteiger partial charge in [-0.2, -0.15) is 14.7 Å². The standard InChI is InChI=1S/C23H33N7O4SSi/c1-33-9-11-35(31,32)29-15-23(16-29,6-7-24)30-14-19(13-27-30)21-20-5-8-28(22(20)26-17-25-21)18-34-10-12-36(2,3)4/h5,8,13-14,17H,6,9-12,15-16,18H2,1-4H3. The van der Waals surface area contributed by atoms with E-state index >= 15 is 0 Å². The van der Waals surface area contributed by atoms with Crippen molar-refractivity contribution in [1.29, 1.82) is 5.26 Å². The molecule has 1 fully saturated rings. The number of nitriles is 1. The van der Waals surface area contributed by atoms with Crippen LogP contribution in [0.5, 0.6) is 0 Å². The van der Waals surface area contributed by atoms with Crippen molar-refractivity contribution >= 4 is 29.1 Å². The molecule has 194 valence electrons. The van der Waals surface area contributed by atoms with Crippen LogP contribution in [-0.4, -0.2) is 84.3 Å². The Hall–Kier alpha value is -2.63. The van der Waals surface area contributed by atoms with E-state index in [1.54, 1.807) is 10.9 Å². The zero-order valence-electron chi connectivity index (χ0n) is 21.2.